The van der Waals surface area contributed by atoms with Crippen LogP contribution in [0.5, 0.6) is 11.5 Å². The molecule has 5 rings (SSSR count). The molecule has 0 N–H and O–H groups in total. The summed E-state index contributed by atoms with van der Waals surface area (Å²) < 4.78 is 34.2. The molecule has 10 heteroatoms. The van der Waals surface area contributed by atoms with E-state index in [0.29, 0.717) is 44.3 Å². The van der Waals surface area contributed by atoms with E-state index < -0.39 is 12.0 Å². The van der Waals surface area contributed by atoms with Gasteiger partial charge >= 0.3 is 5.97 Å². The molecule has 2 heterocycles. The number of ether oxygens (including phenoxy) is 3. The highest BCUT2D eigenvalue weighted by Crippen LogP contribution is 2.35. The van der Waals surface area contributed by atoms with Gasteiger partial charge in [0, 0.05) is 5.56 Å². The number of hydrogen-bond acceptors (Lipinski definition) is 7. The molecule has 222 valence electrons. The summed E-state index contributed by atoms with van der Waals surface area (Å²) >= 11 is 3.40. The predicted molar refractivity (Wildman–Crippen MR) is 173 cm³/mol. The highest BCUT2D eigenvalue weighted by molar-refractivity contribution is 14.1. The summed E-state index contributed by atoms with van der Waals surface area (Å²) in [6.45, 7) is 8.01. The monoisotopic (exact) mass is 712 g/mol. The van der Waals surface area contributed by atoms with Crippen LogP contribution in [-0.2, 0) is 16.1 Å². The van der Waals surface area contributed by atoms with Crippen molar-refractivity contribution in [1.82, 2.24) is 4.57 Å². The summed E-state index contributed by atoms with van der Waals surface area (Å²) in [6.07, 6.45) is 1.78. The largest absolute Gasteiger partial charge is 0.490 e. The second-order valence-corrected chi connectivity index (χ2v) is 12.0. The summed E-state index contributed by atoms with van der Waals surface area (Å²) in [5.74, 6) is 0.152. The predicted octanol–water partition coefficient (Wildman–Crippen LogP) is 5.83. The number of allylic oxidation sites excluding steroid dienone is 1. The Balaban J connectivity index is 1.59. The number of hydrogen-bond donors (Lipinski definition) is 0. The Morgan fingerprint density at radius 3 is 2.51 bits per heavy atom. The molecular weight excluding hydrogens is 682 g/mol. The van der Waals surface area contributed by atoms with Gasteiger partial charge in [-0.3, -0.25) is 9.36 Å². The molecule has 1 aromatic heterocycles. The maximum Gasteiger partial charge on any atom is 0.338 e. The van der Waals surface area contributed by atoms with Crippen LogP contribution in [-0.4, -0.2) is 23.8 Å². The molecule has 0 unspecified atom stereocenters. The van der Waals surface area contributed by atoms with Gasteiger partial charge in [0.05, 0.1) is 38.6 Å². The number of rotatable bonds is 9. The standard InChI is InChI=1S/C33H30FIN2O5S/c1-5-40-26-16-21(15-25(35)30(26)42-18-23-9-7-8-10-24(23)34)17-27-31(38)37-29(22-13-11-19(3)12-14-22)28(32(39)41-6-2)20(4)36-33(37)43-27/h7-17,29H,5-6,18H2,1-4H3/b27-17+/t29-/m0/s1. The average Bonchev–Trinajstić information content (AvgIpc) is 3.27. The third-order valence-electron chi connectivity index (χ3n) is 6.87. The van der Waals surface area contributed by atoms with Gasteiger partial charge in [0.2, 0.25) is 0 Å². The summed E-state index contributed by atoms with van der Waals surface area (Å²) in [5.41, 5.74) is 3.61. The number of fused-ring (bicyclic) bond motifs is 1. The van der Waals surface area contributed by atoms with Crippen LogP contribution in [0.1, 0.15) is 49.1 Å². The zero-order chi connectivity index (χ0) is 30.7. The lowest BCUT2D eigenvalue weighted by molar-refractivity contribution is -0.139. The van der Waals surface area contributed by atoms with Crippen LogP contribution in [0.3, 0.4) is 0 Å². The van der Waals surface area contributed by atoms with Crippen molar-refractivity contribution in [2.45, 2.75) is 40.3 Å². The lowest BCUT2D eigenvalue weighted by Gasteiger charge is -2.24. The minimum Gasteiger partial charge on any atom is -0.490 e. The number of esters is 1. The van der Waals surface area contributed by atoms with Crippen molar-refractivity contribution in [3.05, 3.63) is 123 Å². The number of nitrogens with zero attached hydrogens (tertiary/aromatic N) is 2. The van der Waals surface area contributed by atoms with Crippen molar-refractivity contribution < 1.29 is 23.4 Å². The molecule has 0 saturated heterocycles. The maximum absolute atomic E-state index is 14.2. The van der Waals surface area contributed by atoms with Crippen LogP contribution in [0.2, 0.25) is 0 Å². The van der Waals surface area contributed by atoms with E-state index >= 15 is 0 Å². The molecule has 0 spiro atoms. The Bertz CT molecular complexity index is 1900. The topological polar surface area (TPSA) is 79.1 Å². The Hall–Kier alpha value is -3.77. The Morgan fingerprint density at radius 1 is 1.07 bits per heavy atom. The van der Waals surface area contributed by atoms with Gasteiger partial charge in [-0.15, -0.1) is 0 Å². The van der Waals surface area contributed by atoms with Crippen molar-refractivity contribution in [3.8, 4) is 11.5 Å². The highest BCUT2D eigenvalue weighted by Gasteiger charge is 2.33. The van der Waals surface area contributed by atoms with E-state index in [1.54, 1.807) is 48.8 Å². The van der Waals surface area contributed by atoms with Gasteiger partial charge in [0.15, 0.2) is 16.3 Å². The third kappa shape index (κ3) is 6.45. The van der Waals surface area contributed by atoms with E-state index in [9.17, 15) is 14.0 Å². The minimum absolute atomic E-state index is 0.0435. The van der Waals surface area contributed by atoms with Crippen LogP contribution in [0.4, 0.5) is 4.39 Å². The van der Waals surface area contributed by atoms with Gasteiger partial charge < -0.3 is 14.2 Å². The van der Waals surface area contributed by atoms with Crippen LogP contribution < -0.4 is 24.4 Å². The minimum atomic E-state index is -0.675. The highest BCUT2D eigenvalue weighted by atomic mass is 127. The zero-order valence-electron chi connectivity index (χ0n) is 24.1. The molecule has 1 atom stereocenters. The lowest BCUT2D eigenvalue weighted by atomic mass is 9.95. The summed E-state index contributed by atoms with van der Waals surface area (Å²) in [4.78, 5) is 32.2. The molecule has 0 saturated carbocycles. The number of aromatic nitrogens is 1. The van der Waals surface area contributed by atoms with Crippen LogP contribution in [0.15, 0.2) is 81.7 Å². The average molecular weight is 713 g/mol. The van der Waals surface area contributed by atoms with E-state index in [-0.39, 0.29) is 24.6 Å². The van der Waals surface area contributed by atoms with Gasteiger partial charge in [0.1, 0.15) is 12.4 Å². The van der Waals surface area contributed by atoms with E-state index in [4.69, 9.17) is 14.2 Å². The molecule has 0 amide bonds. The smallest absolute Gasteiger partial charge is 0.338 e. The molecule has 0 radical (unpaired) electrons. The second-order valence-electron chi connectivity index (χ2n) is 9.86. The Morgan fingerprint density at radius 2 is 1.81 bits per heavy atom. The molecule has 7 nitrogen and oxygen atoms in total. The number of halogens is 2. The number of carbonyl (C=O) groups excluding carboxylic acids is 1. The molecule has 1 aliphatic rings. The third-order valence-corrected chi connectivity index (χ3v) is 8.65. The summed E-state index contributed by atoms with van der Waals surface area (Å²) in [7, 11) is 0. The van der Waals surface area contributed by atoms with Crippen molar-refractivity contribution in [2.24, 2.45) is 4.99 Å². The number of benzene rings is 3. The van der Waals surface area contributed by atoms with E-state index in [0.717, 1.165) is 20.3 Å². The molecule has 0 bridgehead atoms. The molecule has 3 aromatic carbocycles. The fourth-order valence-electron chi connectivity index (χ4n) is 4.85. The number of carbonyl (C=O) groups is 1. The molecule has 4 aromatic rings. The molecule has 0 aliphatic carbocycles. The quantitative estimate of drug-likeness (QED) is 0.161. The second kappa shape index (κ2) is 13.3. The van der Waals surface area contributed by atoms with Crippen molar-refractivity contribution in [1.29, 1.82) is 0 Å². The number of aryl methyl sites for hydroxylation is 1. The van der Waals surface area contributed by atoms with E-state index in [1.807, 2.05) is 44.2 Å². The van der Waals surface area contributed by atoms with Gasteiger partial charge in [-0.2, -0.15) is 0 Å². The maximum atomic E-state index is 14.2. The van der Waals surface area contributed by atoms with Crippen LogP contribution in [0.25, 0.3) is 6.08 Å². The van der Waals surface area contributed by atoms with E-state index in [1.165, 1.54) is 17.4 Å². The molecular formula is C33H30FIN2O5S. The van der Waals surface area contributed by atoms with Gasteiger partial charge in [-0.1, -0.05) is 59.4 Å². The Labute approximate surface area is 266 Å². The molecule has 0 fully saturated rings. The SMILES string of the molecule is CCOC(=O)C1=C(C)N=c2s/c(=C/c3cc(I)c(OCc4ccccc4F)c(OCC)c3)c(=O)n2[C@H]1c1ccc(C)cc1. The van der Waals surface area contributed by atoms with Gasteiger partial charge in [-0.05, 0) is 85.7 Å². The normalized spacial score (nSPS) is 14.7. The van der Waals surface area contributed by atoms with Crippen molar-refractivity contribution >= 4 is 46.0 Å². The fourth-order valence-corrected chi connectivity index (χ4v) is 6.67. The van der Waals surface area contributed by atoms with Crippen molar-refractivity contribution in [3.63, 3.8) is 0 Å². The number of thiazole rings is 1. The van der Waals surface area contributed by atoms with Crippen LogP contribution in [0, 0.1) is 16.3 Å². The first kappa shape index (κ1) is 30.7. The summed E-state index contributed by atoms with van der Waals surface area (Å²) in [6, 6.07) is 17.2. The first-order valence-electron chi connectivity index (χ1n) is 13.8. The van der Waals surface area contributed by atoms with E-state index in [2.05, 4.69) is 27.6 Å². The van der Waals surface area contributed by atoms with Crippen molar-refractivity contribution in [2.75, 3.05) is 13.2 Å². The fraction of sp³-hybridized carbons (Fsp3) is 0.242. The zero-order valence-corrected chi connectivity index (χ0v) is 27.1. The van der Waals surface area contributed by atoms with Gasteiger partial charge in [-0.25, -0.2) is 14.2 Å². The molecule has 1 aliphatic heterocycles. The first-order chi connectivity index (χ1) is 20.7. The lowest BCUT2D eigenvalue weighted by Crippen LogP contribution is -2.39. The van der Waals surface area contributed by atoms with Crippen LogP contribution >= 0.6 is 33.9 Å². The first-order valence-corrected chi connectivity index (χ1v) is 15.7. The summed E-state index contributed by atoms with van der Waals surface area (Å²) in [5, 5.41) is 0. The Kier molecular flexibility index (Phi) is 9.46. The van der Waals surface area contributed by atoms with Gasteiger partial charge in [0.25, 0.3) is 5.56 Å². The molecule has 43 heavy (non-hydrogen) atoms.